The molecule has 2 N–H and O–H groups in total. The molecular weight excluding hydrogens is 379 g/mol. The van der Waals surface area contributed by atoms with Gasteiger partial charge in [-0.25, -0.2) is 0 Å². The molecule has 2 aromatic carbocycles. The van der Waals surface area contributed by atoms with E-state index in [0.29, 0.717) is 6.54 Å². The van der Waals surface area contributed by atoms with Crippen LogP contribution in [0.25, 0.3) is 0 Å². The summed E-state index contributed by atoms with van der Waals surface area (Å²) in [6, 6.07) is 18.4. The molecule has 1 aliphatic rings. The SMILES string of the molecule is O[C@@H](CNC[C@H]1CCc2c[c-]ccc2O1)COc1ccccc1.[Y]. The van der Waals surface area contributed by atoms with Gasteiger partial charge in [0.05, 0.1) is 0 Å². The number of aliphatic hydroxyl groups is 1. The molecule has 2 aromatic rings. The van der Waals surface area contributed by atoms with Gasteiger partial charge in [-0.1, -0.05) is 24.6 Å². The zero-order valence-corrected chi connectivity index (χ0v) is 16.5. The Kier molecular flexibility index (Phi) is 8.20. The van der Waals surface area contributed by atoms with Crippen molar-refractivity contribution < 1.29 is 47.3 Å². The Morgan fingerprint density at radius 3 is 2.96 bits per heavy atom. The molecule has 1 heterocycles. The number of aryl methyl sites for hydroxylation is 1. The molecule has 0 aliphatic carbocycles. The summed E-state index contributed by atoms with van der Waals surface area (Å²) in [7, 11) is 0. The third kappa shape index (κ3) is 5.85. The second-order valence-electron chi connectivity index (χ2n) is 5.75. The van der Waals surface area contributed by atoms with Crippen LogP contribution in [0.2, 0.25) is 0 Å². The smallest absolute Gasteiger partial charge is 0.119 e. The summed E-state index contributed by atoms with van der Waals surface area (Å²) < 4.78 is 11.5. The zero-order valence-electron chi connectivity index (χ0n) is 13.7. The van der Waals surface area contributed by atoms with E-state index in [0.717, 1.165) is 30.9 Å². The molecular formula is C19H22NO3Y-. The minimum atomic E-state index is -0.541. The first-order valence-electron chi connectivity index (χ1n) is 8.03. The molecule has 24 heavy (non-hydrogen) atoms. The van der Waals surface area contributed by atoms with Gasteiger partial charge in [-0.05, 0) is 18.6 Å². The van der Waals surface area contributed by atoms with E-state index in [1.54, 1.807) is 0 Å². The molecule has 3 rings (SSSR count). The fourth-order valence-corrected chi connectivity index (χ4v) is 2.64. The molecule has 0 unspecified atom stereocenters. The Morgan fingerprint density at radius 2 is 2.12 bits per heavy atom. The first kappa shape index (κ1) is 19.4. The summed E-state index contributed by atoms with van der Waals surface area (Å²) in [6.45, 7) is 1.49. The Hall–Kier alpha value is -0.936. The van der Waals surface area contributed by atoms with Crippen molar-refractivity contribution in [1.29, 1.82) is 0 Å². The van der Waals surface area contributed by atoms with E-state index in [4.69, 9.17) is 9.47 Å². The van der Waals surface area contributed by atoms with Gasteiger partial charge in [0, 0.05) is 51.5 Å². The van der Waals surface area contributed by atoms with E-state index >= 15 is 0 Å². The monoisotopic (exact) mass is 401 g/mol. The Bertz CT molecular complexity index is 609. The molecule has 1 aliphatic heterocycles. The number of fused-ring (bicyclic) bond motifs is 1. The predicted molar refractivity (Wildman–Crippen MR) is 88.8 cm³/mol. The number of hydrogen-bond donors (Lipinski definition) is 2. The molecule has 0 bridgehead atoms. The molecule has 125 valence electrons. The van der Waals surface area contributed by atoms with E-state index in [1.807, 2.05) is 48.5 Å². The number of aliphatic hydroxyl groups excluding tert-OH is 1. The maximum absolute atomic E-state index is 9.97. The summed E-state index contributed by atoms with van der Waals surface area (Å²) in [4.78, 5) is 0. The Morgan fingerprint density at radius 1 is 1.29 bits per heavy atom. The van der Waals surface area contributed by atoms with Gasteiger partial charge in [0.25, 0.3) is 0 Å². The molecule has 0 saturated carbocycles. The molecule has 0 amide bonds. The van der Waals surface area contributed by atoms with E-state index in [-0.39, 0.29) is 45.4 Å². The summed E-state index contributed by atoms with van der Waals surface area (Å²) in [5, 5.41) is 13.2. The molecule has 0 spiro atoms. The van der Waals surface area contributed by atoms with Gasteiger partial charge in [0.15, 0.2) is 0 Å². The van der Waals surface area contributed by atoms with Gasteiger partial charge in [-0.3, -0.25) is 0 Å². The van der Waals surface area contributed by atoms with Crippen LogP contribution >= 0.6 is 0 Å². The zero-order chi connectivity index (χ0) is 15.9. The minimum Gasteiger partial charge on any atom is -0.514 e. The van der Waals surface area contributed by atoms with Crippen molar-refractivity contribution in [2.24, 2.45) is 0 Å². The second kappa shape index (κ2) is 10.1. The van der Waals surface area contributed by atoms with Crippen LogP contribution in [0, 0.1) is 6.07 Å². The van der Waals surface area contributed by atoms with E-state index in [1.165, 1.54) is 5.56 Å². The largest absolute Gasteiger partial charge is 0.514 e. The third-order valence-corrected chi connectivity index (χ3v) is 3.87. The van der Waals surface area contributed by atoms with Crippen LogP contribution in [0.5, 0.6) is 11.5 Å². The molecule has 2 atom stereocenters. The molecule has 0 saturated heterocycles. The van der Waals surface area contributed by atoms with Crippen LogP contribution in [0.4, 0.5) is 0 Å². The van der Waals surface area contributed by atoms with Crippen LogP contribution < -0.4 is 14.8 Å². The number of hydrogen-bond acceptors (Lipinski definition) is 4. The van der Waals surface area contributed by atoms with Crippen molar-refractivity contribution in [3.8, 4) is 11.5 Å². The van der Waals surface area contributed by atoms with Gasteiger partial charge in [0.1, 0.15) is 24.6 Å². The second-order valence-corrected chi connectivity index (χ2v) is 5.75. The fraction of sp³-hybridized carbons (Fsp3) is 0.368. The first-order valence-corrected chi connectivity index (χ1v) is 8.03. The maximum Gasteiger partial charge on any atom is 0.119 e. The maximum atomic E-state index is 9.97. The van der Waals surface area contributed by atoms with Crippen molar-refractivity contribution in [1.82, 2.24) is 5.32 Å². The Labute approximate surface area is 168 Å². The first-order chi connectivity index (χ1) is 11.3. The van der Waals surface area contributed by atoms with Gasteiger partial charge < -0.3 is 19.9 Å². The van der Waals surface area contributed by atoms with E-state index in [2.05, 4.69) is 11.4 Å². The number of ether oxygens (including phenoxy) is 2. The molecule has 0 fully saturated rings. The van der Waals surface area contributed by atoms with Crippen molar-refractivity contribution in [3.05, 3.63) is 60.2 Å². The average Bonchev–Trinajstić information content (AvgIpc) is 2.61. The van der Waals surface area contributed by atoms with Crippen LogP contribution in [0.1, 0.15) is 12.0 Å². The third-order valence-electron chi connectivity index (χ3n) is 3.87. The van der Waals surface area contributed by atoms with Gasteiger partial charge >= 0.3 is 0 Å². The normalized spacial score (nSPS) is 17.1. The number of para-hydroxylation sites is 1. The van der Waals surface area contributed by atoms with Gasteiger partial charge in [-0.2, -0.15) is 18.2 Å². The average molecular weight is 401 g/mol. The van der Waals surface area contributed by atoms with Crippen LogP contribution in [-0.4, -0.2) is 37.0 Å². The number of rotatable bonds is 7. The van der Waals surface area contributed by atoms with E-state index in [9.17, 15) is 5.11 Å². The quantitative estimate of drug-likeness (QED) is 0.699. The molecule has 5 heteroatoms. The van der Waals surface area contributed by atoms with Crippen LogP contribution in [0.3, 0.4) is 0 Å². The van der Waals surface area contributed by atoms with Gasteiger partial charge in [-0.15, -0.1) is 11.6 Å². The minimum absolute atomic E-state index is 0. The topological polar surface area (TPSA) is 50.7 Å². The van der Waals surface area contributed by atoms with E-state index < -0.39 is 6.10 Å². The molecule has 4 nitrogen and oxygen atoms in total. The number of benzene rings is 2. The van der Waals surface area contributed by atoms with Crippen molar-refractivity contribution in [2.75, 3.05) is 19.7 Å². The number of nitrogens with one attached hydrogen (secondary N) is 1. The fourth-order valence-electron chi connectivity index (χ4n) is 2.64. The summed E-state index contributed by atoms with van der Waals surface area (Å²) in [5.74, 6) is 1.73. The van der Waals surface area contributed by atoms with Crippen molar-refractivity contribution in [2.45, 2.75) is 25.0 Å². The molecule has 1 radical (unpaired) electrons. The summed E-state index contributed by atoms with van der Waals surface area (Å²) in [6.07, 6.45) is 1.60. The van der Waals surface area contributed by atoms with Crippen molar-refractivity contribution in [3.63, 3.8) is 0 Å². The molecule has 0 aromatic heterocycles. The van der Waals surface area contributed by atoms with Crippen molar-refractivity contribution >= 4 is 0 Å². The standard InChI is InChI=1S/C19H22NO3.Y/c21-16(14-22-17-7-2-1-3-8-17)12-20-13-18-11-10-15-6-4-5-9-19(15)23-18;/h1-3,5-9,16,18,20-21H,10-14H2;/q-1;/t16-,18+;/m0./s1. The summed E-state index contributed by atoms with van der Waals surface area (Å²) in [5.41, 5.74) is 1.22. The van der Waals surface area contributed by atoms with Crippen LogP contribution in [-0.2, 0) is 39.1 Å². The Balaban J connectivity index is 0.00000208. The summed E-state index contributed by atoms with van der Waals surface area (Å²) >= 11 is 0. The van der Waals surface area contributed by atoms with Gasteiger partial charge in [0.2, 0.25) is 0 Å². The van der Waals surface area contributed by atoms with Crippen LogP contribution in [0.15, 0.2) is 48.5 Å². The predicted octanol–water partition coefficient (Wildman–Crippen LogP) is 2.21.